The number of benzene rings is 3. The predicted octanol–water partition coefficient (Wildman–Crippen LogP) is 4.45. The lowest BCUT2D eigenvalue weighted by Crippen LogP contribution is -2.53. The molecule has 3 aromatic rings. The quantitative estimate of drug-likeness (QED) is 0.396. The molecule has 1 atom stereocenters. The molecule has 0 radical (unpaired) electrons. The van der Waals surface area contributed by atoms with Gasteiger partial charge in [-0.2, -0.15) is 0 Å². The summed E-state index contributed by atoms with van der Waals surface area (Å²) in [5.74, 6) is -0.906. The Morgan fingerprint density at radius 1 is 0.946 bits per heavy atom. The Kier molecular flexibility index (Phi) is 9.59. The van der Waals surface area contributed by atoms with Crippen LogP contribution in [0.3, 0.4) is 0 Å². The second-order valence-corrected chi connectivity index (χ2v) is 11.4. The highest BCUT2D eigenvalue weighted by atomic mass is 35.5. The van der Waals surface area contributed by atoms with Crippen LogP contribution in [0.25, 0.3) is 0 Å². The molecule has 0 aliphatic rings. The minimum absolute atomic E-state index is 0.115. The lowest BCUT2D eigenvalue weighted by molar-refractivity contribution is -0.139. The van der Waals surface area contributed by atoms with Crippen LogP contribution in [0, 0.1) is 6.92 Å². The molecule has 3 aromatic carbocycles. The van der Waals surface area contributed by atoms with Crippen molar-refractivity contribution in [2.45, 2.75) is 25.9 Å². The van der Waals surface area contributed by atoms with E-state index in [1.54, 1.807) is 0 Å². The lowest BCUT2D eigenvalue weighted by Gasteiger charge is -2.33. The third kappa shape index (κ3) is 7.71. The van der Waals surface area contributed by atoms with Gasteiger partial charge in [-0.25, -0.2) is 8.42 Å². The summed E-state index contributed by atoms with van der Waals surface area (Å²) in [4.78, 5) is 28.4. The van der Waals surface area contributed by atoms with Gasteiger partial charge in [-0.1, -0.05) is 77.8 Å². The molecule has 0 aliphatic heterocycles. The van der Waals surface area contributed by atoms with Crippen molar-refractivity contribution in [2.75, 3.05) is 24.2 Å². The molecule has 3 rings (SSSR count). The highest BCUT2D eigenvalue weighted by Crippen LogP contribution is 2.27. The molecule has 37 heavy (non-hydrogen) atoms. The maximum absolute atomic E-state index is 13.9. The number of nitrogens with one attached hydrogen (secondary N) is 1. The molecule has 0 aromatic heterocycles. The minimum atomic E-state index is -3.90. The zero-order chi connectivity index (χ0) is 27.2. The first-order valence-electron chi connectivity index (χ1n) is 11.5. The van der Waals surface area contributed by atoms with Gasteiger partial charge in [0.25, 0.3) is 0 Å². The Morgan fingerprint density at radius 3 is 2.11 bits per heavy atom. The summed E-state index contributed by atoms with van der Waals surface area (Å²) in [5.41, 5.74) is 2.80. The van der Waals surface area contributed by atoms with Gasteiger partial charge in [-0.3, -0.25) is 13.9 Å². The number of halogens is 2. The van der Waals surface area contributed by atoms with Gasteiger partial charge in [-0.05, 0) is 41.8 Å². The molecule has 7 nitrogen and oxygen atoms in total. The maximum Gasteiger partial charge on any atom is 0.244 e. The van der Waals surface area contributed by atoms with Crippen molar-refractivity contribution in [3.05, 3.63) is 99.5 Å². The fraction of sp³-hybridized carbons (Fsp3) is 0.259. The molecule has 10 heteroatoms. The number of nitrogens with zero attached hydrogens (tertiary/aromatic N) is 2. The fourth-order valence-electron chi connectivity index (χ4n) is 3.99. The van der Waals surface area contributed by atoms with Gasteiger partial charge < -0.3 is 10.2 Å². The van der Waals surface area contributed by atoms with Crippen LogP contribution in [0.5, 0.6) is 0 Å². The van der Waals surface area contributed by atoms with Crippen LogP contribution in [0.1, 0.15) is 16.7 Å². The zero-order valence-electron chi connectivity index (χ0n) is 20.8. The van der Waals surface area contributed by atoms with Crippen LogP contribution in [0.15, 0.2) is 72.8 Å². The third-order valence-corrected chi connectivity index (χ3v) is 7.51. The number of rotatable bonds is 10. The SMILES string of the molecule is CNC(=O)[C@@H](Cc1ccccc1)N(Cc1ccccc1C)C(=O)CN(c1cc(Cl)cc(Cl)c1)S(C)(=O)=O. The number of anilines is 1. The molecule has 2 amide bonds. The molecule has 0 bridgehead atoms. The molecule has 0 aliphatic carbocycles. The first kappa shape index (κ1) is 28.5. The lowest BCUT2D eigenvalue weighted by atomic mass is 10.0. The monoisotopic (exact) mass is 561 g/mol. The van der Waals surface area contributed by atoms with Crippen molar-refractivity contribution in [2.24, 2.45) is 0 Å². The smallest absolute Gasteiger partial charge is 0.244 e. The predicted molar refractivity (Wildman–Crippen MR) is 148 cm³/mol. The van der Waals surface area contributed by atoms with E-state index in [1.165, 1.54) is 30.1 Å². The van der Waals surface area contributed by atoms with Gasteiger partial charge in [-0.15, -0.1) is 0 Å². The number of hydrogen-bond donors (Lipinski definition) is 1. The molecule has 0 unspecified atom stereocenters. The van der Waals surface area contributed by atoms with Gasteiger partial charge in [0.05, 0.1) is 11.9 Å². The topological polar surface area (TPSA) is 86.8 Å². The highest BCUT2D eigenvalue weighted by Gasteiger charge is 2.33. The van der Waals surface area contributed by atoms with Crippen molar-refractivity contribution < 1.29 is 18.0 Å². The number of hydrogen-bond acceptors (Lipinski definition) is 4. The number of likely N-dealkylation sites (N-methyl/N-ethyl adjacent to an activating group) is 1. The number of sulfonamides is 1. The van der Waals surface area contributed by atoms with Crippen molar-refractivity contribution >= 4 is 50.7 Å². The summed E-state index contributed by atoms with van der Waals surface area (Å²) in [5, 5.41) is 3.11. The minimum Gasteiger partial charge on any atom is -0.357 e. The average Bonchev–Trinajstić information content (AvgIpc) is 2.84. The van der Waals surface area contributed by atoms with E-state index >= 15 is 0 Å². The first-order valence-corrected chi connectivity index (χ1v) is 14.1. The average molecular weight is 563 g/mol. The van der Waals surface area contributed by atoms with E-state index in [0.717, 1.165) is 27.3 Å². The van der Waals surface area contributed by atoms with E-state index in [2.05, 4.69) is 5.32 Å². The number of aryl methyl sites for hydroxylation is 1. The largest absolute Gasteiger partial charge is 0.357 e. The third-order valence-electron chi connectivity index (χ3n) is 5.93. The molecule has 1 N–H and O–H groups in total. The van der Waals surface area contributed by atoms with Gasteiger partial charge in [0.15, 0.2) is 0 Å². The second-order valence-electron chi connectivity index (χ2n) is 8.67. The molecular formula is C27H29Cl2N3O4S. The van der Waals surface area contributed by atoms with Crippen molar-refractivity contribution in [3.63, 3.8) is 0 Å². The van der Waals surface area contributed by atoms with Crippen LogP contribution < -0.4 is 9.62 Å². The molecule has 0 spiro atoms. The standard InChI is InChI=1S/C27H29Cl2N3O4S/c1-19-9-7-8-12-21(19)17-31(25(27(34)30-2)13-20-10-5-4-6-11-20)26(33)18-32(37(3,35)36)24-15-22(28)14-23(29)16-24/h4-12,14-16,25H,13,17-18H2,1-3H3,(H,30,34)/t25-/m1/s1. The molecule has 0 saturated carbocycles. The van der Waals surface area contributed by atoms with Crippen LogP contribution in [-0.2, 0) is 32.6 Å². The number of carbonyl (C=O) groups excluding carboxylic acids is 2. The summed E-state index contributed by atoms with van der Waals surface area (Å²) < 4.78 is 26.5. The van der Waals surface area contributed by atoms with E-state index in [4.69, 9.17) is 23.2 Å². The van der Waals surface area contributed by atoms with Gasteiger partial charge in [0.1, 0.15) is 12.6 Å². The van der Waals surface area contributed by atoms with Crippen LogP contribution in [0.4, 0.5) is 5.69 Å². The second kappa shape index (κ2) is 12.4. The Morgan fingerprint density at radius 2 is 1.54 bits per heavy atom. The number of amides is 2. The van der Waals surface area contributed by atoms with Crippen molar-refractivity contribution in [1.82, 2.24) is 10.2 Å². The summed E-state index contributed by atoms with van der Waals surface area (Å²) in [7, 11) is -2.40. The van der Waals surface area contributed by atoms with Crippen molar-refractivity contribution in [3.8, 4) is 0 Å². The van der Waals surface area contributed by atoms with Crippen LogP contribution >= 0.6 is 23.2 Å². The Balaban J connectivity index is 2.06. The summed E-state index contributed by atoms with van der Waals surface area (Å²) in [6, 6.07) is 20.3. The first-order chi connectivity index (χ1) is 17.5. The maximum atomic E-state index is 13.9. The normalized spacial score (nSPS) is 12.0. The zero-order valence-corrected chi connectivity index (χ0v) is 23.1. The van der Waals surface area contributed by atoms with Crippen LogP contribution in [-0.4, -0.2) is 51.0 Å². The van der Waals surface area contributed by atoms with E-state index in [-0.39, 0.29) is 34.6 Å². The summed E-state index contributed by atoms with van der Waals surface area (Å²) in [6.45, 7) is 1.49. The number of carbonyl (C=O) groups is 2. The Hall–Kier alpha value is -3.07. The van der Waals surface area contributed by atoms with E-state index in [9.17, 15) is 18.0 Å². The van der Waals surface area contributed by atoms with Gasteiger partial charge in [0.2, 0.25) is 21.8 Å². The molecular weight excluding hydrogens is 533 g/mol. The van der Waals surface area contributed by atoms with Crippen molar-refractivity contribution in [1.29, 1.82) is 0 Å². The Bertz CT molecular complexity index is 1350. The van der Waals surface area contributed by atoms with Gasteiger partial charge >= 0.3 is 0 Å². The van der Waals surface area contributed by atoms with Crippen LogP contribution in [0.2, 0.25) is 10.0 Å². The van der Waals surface area contributed by atoms with E-state index < -0.39 is 28.5 Å². The summed E-state index contributed by atoms with van der Waals surface area (Å²) in [6.07, 6.45) is 1.25. The summed E-state index contributed by atoms with van der Waals surface area (Å²) >= 11 is 12.2. The Labute approximate surface area is 228 Å². The van der Waals surface area contributed by atoms with E-state index in [0.29, 0.717) is 0 Å². The van der Waals surface area contributed by atoms with E-state index in [1.807, 2.05) is 61.5 Å². The van der Waals surface area contributed by atoms with Gasteiger partial charge in [0, 0.05) is 30.1 Å². The highest BCUT2D eigenvalue weighted by molar-refractivity contribution is 7.92. The molecule has 0 heterocycles. The molecule has 0 saturated heterocycles. The molecule has 196 valence electrons. The molecule has 0 fully saturated rings. The fourth-order valence-corrected chi connectivity index (χ4v) is 5.34.